The van der Waals surface area contributed by atoms with Gasteiger partial charge < -0.3 is 19.3 Å². The second-order valence-electron chi connectivity index (χ2n) is 5.58. The molecule has 2 aromatic rings. The van der Waals surface area contributed by atoms with Crippen LogP contribution in [0.2, 0.25) is 0 Å². The molecule has 0 aliphatic heterocycles. The van der Waals surface area contributed by atoms with Gasteiger partial charge in [0.1, 0.15) is 17.6 Å². The van der Waals surface area contributed by atoms with Crippen molar-refractivity contribution in [1.82, 2.24) is 5.32 Å². The first-order valence-corrected chi connectivity index (χ1v) is 7.28. The molecule has 2 heterocycles. The third kappa shape index (κ3) is 2.81. The summed E-state index contributed by atoms with van der Waals surface area (Å²) >= 11 is 0. The number of nitrogens with one attached hydrogen (secondary N) is 1. The summed E-state index contributed by atoms with van der Waals surface area (Å²) in [5, 5.41) is 13.7. The van der Waals surface area contributed by atoms with Crippen molar-refractivity contribution in [2.75, 3.05) is 0 Å². The van der Waals surface area contributed by atoms with Gasteiger partial charge in [-0.25, -0.2) is 0 Å². The molecule has 2 N–H and O–H groups in total. The fraction of sp³-hybridized carbons (Fsp3) is 0.500. The summed E-state index contributed by atoms with van der Waals surface area (Å²) in [5.74, 6) is 1.74. The molecule has 0 amide bonds. The summed E-state index contributed by atoms with van der Waals surface area (Å²) in [6.45, 7) is 2.10. The quantitative estimate of drug-likeness (QED) is 0.878. The molecule has 0 fully saturated rings. The van der Waals surface area contributed by atoms with Crippen molar-refractivity contribution in [3.8, 4) is 0 Å². The molecule has 0 radical (unpaired) electrons. The van der Waals surface area contributed by atoms with Gasteiger partial charge in [0, 0.05) is 24.1 Å². The first-order chi connectivity index (χ1) is 9.74. The van der Waals surface area contributed by atoms with Gasteiger partial charge in [-0.15, -0.1) is 0 Å². The SMILES string of the molecule is C[C@H](C[C@H](O)c1ccco1)N[C@H]1CCCc2occc21. The molecule has 4 nitrogen and oxygen atoms in total. The topological polar surface area (TPSA) is 58.5 Å². The Kier molecular flexibility index (Phi) is 3.94. The lowest BCUT2D eigenvalue weighted by molar-refractivity contribution is 0.126. The molecule has 20 heavy (non-hydrogen) atoms. The Morgan fingerprint density at radius 1 is 1.35 bits per heavy atom. The van der Waals surface area contributed by atoms with Crippen LogP contribution in [0.1, 0.15) is 55.4 Å². The number of fused-ring (bicyclic) bond motifs is 1. The highest BCUT2D eigenvalue weighted by Gasteiger charge is 2.24. The fourth-order valence-corrected chi connectivity index (χ4v) is 3.00. The van der Waals surface area contributed by atoms with Gasteiger partial charge in [0.05, 0.1) is 12.5 Å². The van der Waals surface area contributed by atoms with Crippen LogP contribution < -0.4 is 5.32 Å². The number of hydrogen-bond acceptors (Lipinski definition) is 4. The van der Waals surface area contributed by atoms with Crippen LogP contribution in [0.4, 0.5) is 0 Å². The highest BCUT2D eigenvalue weighted by molar-refractivity contribution is 5.24. The zero-order chi connectivity index (χ0) is 13.9. The van der Waals surface area contributed by atoms with Crippen LogP contribution in [0, 0.1) is 0 Å². The van der Waals surface area contributed by atoms with E-state index in [9.17, 15) is 5.11 Å². The number of aryl methyl sites for hydroxylation is 1. The van der Waals surface area contributed by atoms with Gasteiger partial charge in [0.25, 0.3) is 0 Å². The van der Waals surface area contributed by atoms with Crippen LogP contribution in [0.3, 0.4) is 0 Å². The van der Waals surface area contributed by atoms with E-state index in [-0.39, 0.29) is 6.04 Å². The molecule has 0 saturated carbocycles. The molecule has 108 valence electrons. The predicted molar refractivity (Wildman–Crippen MR) is 75.3 cm³/mol. The summed E-state index contributed by atoms with van der Waals surface area (Å²) in [4.78, 5) is 0. The molecule has 0 saturated heterocycles. The van der Waals surface area contributed by atoms with Gasteiger partial charge in [-0.3, -0.25) is 0 Å². The minimum atomic E-state index is -0.556. The Morgan fingerprint density at radius 3 is 3.05 bits per heavy atom. The second kappa shape index (κ2) is 5.85. The lowest BCUT2D eigenvalue weighted by atomic mass is 9.92. The lowest BCUT2D eigenvalue weighted by Crippen LogP contribution is -2.33. The van der Waals surface area contributed by atoms with E-state index in [1.807, 2.05) is 6.07 Å². The largest absolute Gasteiger partial charge is 0.469 e. The molecule has 1 aliphatic carbocycles. The number of aliphatic hydroxyl groups excluding tert-OH is 1. The Balaban J connectivity index is 1.59. The van der Waals surface area contributed by atoms with E-state index in [1.54, 1.807) is 18.6 Å². The van der Waals surface area contributed by atoms with Gasteiger partial charge in [-0.05, 0) is 44.4 Å². The molecule has 2 aromatic heterocycles. The third-order valence-electron chi connectivity index (χ3n) is 3.99. The lowest BCUT2D eigenvalue weighted by Gasteiger charge is -2.27. The van der Waals surface area contributed by atoms with Crippen LogP contribution in [-0.2, 0) is 6.42 Å². The van der Waals surface area contributed by atoms with Crippen LogP contribution in [0.25, 0.3) is 0 Å². The summed E-state index contributed by atoms with van der Waals surface area (Å²) in [6.07, 6.45) is 6.74. The number of furan rings is 2. The average Bonchev–Trinajstić information content (AvgIpc) is 3.10. The number of aliphatic hydroxyl groups is 1. The first kappa shape index (κ1) is 13.5. The highest BCUT2D eigenvalue weighted by Crippen LogP contribution is 2.31. The average molecular weight is 275 g/mol. The standard InChI is InChI=1S/C16H21NO3/c1-11(10-14(18)16-6-3-8-19-16)17-13-4-2-5-15-12(13)7-9-20-15/h3,6-9,11,13-14,17-18H,2,4-5,10H2,1H3/t11-,13+,14+/m1/s1. The summed E-state index contributed by atoms with van der Waals surface area (Å²) in [6, 6.07) is 6.21. The second-order valence-corrected chi connectivity index (χ2v) is 5.58. The van der Waals surface area contributed by atoms with Crippen LogP contribution in [0.15, 0.2) is 39.6 Å². The molecule has 0 unspecified atom stereocenters. The third-order valence-corrected chi connectivity index (χ3v) is 3.99. The Hall–Kier alpha value is -1.52. The molecule has 0 aromatic carbocycles. The first-order valence-electron chi connectivity index (χ1n) is 7.28. The van der Waals surface area contributed by atoms with Gasteiger partial charge in [0.15, 0.2) is 0 Å². The minimum Gasteiger partial charge on any atom is -0.469 e. The molecule has 0 spiro atoms. The Bertz CT molecular complexity index is 532. The summed E-state index contributed by atoms with van der Waals surface area (Å²) < 4.78 is 10.7. The smallest absolute Gasteiger partial charge is 0.132 e. The van der Waals surface area contributed by atoms with Crippen molar-refractivity contribution in [2.45, 2.75) is 50.8 Å². The number of rotatable bonds is 5. The molecule has 1 aliphatic rings. The molecule has 0 bridgehead atoms. The van der Waals surface area contributed by atoms with E-state index >= 15 is 0 Å². The number of hydrogen-bond donors (Lipinski definition) is 2. The summed E-state index contributed by atoms with van der Waals surface area (Å²) in [5.41, 5.74) is 1.27. The van der Waals surface area contributed by atoms with E-state index in [4.69, 9.17) is 8.83 Å². The molecule has 3 atom stereocenters. The highest BCUT2D eigenvalue weighted by atomic mass is 16.4. The van der Waals surface area contributed by atoms with Crippen molar-refractivity contribution in [3.05, 3.63) is 47.8 Å². The summed E-state index contributed by atoms with van der Waals surface area (Å²) in [7, 11) is 0. The minimum absolute atomic E-state index is 0.209. The van der Waals surface area contributed by atoms with E-state index in [0.717, 1.165) is 25.0 Å². The zero-order valence-electron chi connectivity index (χ0n) is 11.7. The van der Waals surface area contributed by atoms with Gasteiger partial charge in [-0.2, -0.15) is 0 Å². The normalized spacial score (nSPS) is 21.4. The Morgan fingerprint density at radius 2 is 2.25 bits per heavy atom. The van der Waals surface area contributed by atoms with Crippen molar-refractivity contribution >= 4 is 0 Å². The molecular weight excluding hydrogens is 254 g/mol. The van der Waals surface area contributed by atoms with E-state index < -0.39 is 6.10 Å². The maximum Gasteiger partial charge on any atom is 0.132 e. The van der Waals surface area contributed by atoms with Crippen molar-refractivity contribution in [1.29, 1.82) is 0 Å². The van der Waals surface area contributed by atoms with E-state index in [2.05, 4.69) is 18.3 Å². The van der Waals surface area contributed by atoms with Crippen LogP contribution in [-0.4, -0.2) is 11.1 Å². The predicted octanol–water partition coefficient (Wildman–Crippen LogP) is 3.35. The van der Waals surface area contributed by atoms with Crippen molar-refractivity contribution in [2.24, 2.45) is 0 Å². The Labute approximate surface area is 118 Å². The van der Waals surface area contributed by atoms with Gasteiger partial charge in [-0.1, -0.05) is 0 Å². The fourth-order valence-electron chi connectivity index (χ4n) is 3.00. The zero-order valence-corrected chi connectivity index (χ0v) is 11.7. The van der Waals surface area contributed by atoms with Gasteiger partial charge >= 0.3 is 0 Å². The van der Waals surface area contributed by atoms with Gasteiger partial charge in [0.2, 0.25) is 0 Å². The molecular formula is C16H21NO3. The van der Waals surface area contributed by atoms with E-state index in [0.29, 0.717) is 18.2 Å². The van der Waals surface area contributed by atoms with Crippen LogP contribution >= 0.6 is 0 Å². The van der Waals surface area contributed by atoms with Crippen LogP contribution in [0.5, 0.6) is 0 Å². The van der Waals surface area contributed by atoms with Crippen molar-refractivity contribution in [3.63, 3.8) is 0 Å². The monoisotopic (exact) mass is 275 g/mol. The maximum absolute atomic E-state index is 10.1. The molecule has 4 heteroatoms. The van der Waals surface area contributed by atoms with Crippen molar-refractivity contribution < 1.29 is 13.9 Å². The van der Waals surface area contributed by atoms with E-state index in [1.165, 1.54) is 5.56 Å². The maximum atomic E-state index is 10.1. The molecule has 3 rings (SSSR count).